The zero-order chi connectivity index (χ0) is 14.2. The van der Waals surface area contributed by atoms with E-state index in [0.29, 0.717) is 25.3 Å². The summed E-state index contributed by atoms with van der Waals surface area (Å²) < 4.78 is 0. The van der Waals surface area contributed by atoms with Gasteiger partial charge in [-0.15, -0.1) is 0 Å². The predicted molar refractivity (Wildman–Crippen MR) is 79.2 cm³/mol. The molecule has 0 aliphatic carbocycles. The molecule has 0 spiro atoms. The molecule has 1 saturated heterocycles. The molecule has 1 aromatic carbocycles. The van der Waals surface area contributed by atoms with E-state index in [1.807, 2.05) is 30.3 Å². The van der Waals surface area contributed by atoms with Crippen LogP contribution in [0, 0.1) is 17.2 Å². The second-order valence-corrected chi connectivity index (χ2v) is 5.19. The van der Waals surface area contributed by atoms with Crippen LogP contribution in [0.25, 0.3) is 0 Å². The van der Waals surface area contributed by atoms with Crippen molar-refractivity contribution in [3.63, 3.8) is 0 Å². The summed E-state index contributed by atoms with van der Waals surface area (Å²) in [5.41, 5.74) is 0.890. The van der Waals surface area contributed by atoms with Gasteiger partial charge in [-0.25, -0.2) is 0 Å². The molecule has 2 rings (SSSR count). The summed E-state index contributed by atoms with van der Waals surface area (Å²) >= 11 is 0. The molecule has 4 heteroatoms. The highest BCUT2D eigenvalue weighted by molar-refractivity contribution is 5.93. The van der Waals surface area contributed by atoms with E-state index in [2.05, 4.69) is 11.4 Å². The Morgan fingerprint density at radius 1 is 1.30 bits per heavy atom. The molecule has 1 fully saturated rings. The number of para-hydroxylation sites is 1. The fourth-order valence-electron chi connectivity index (χ4n) is 2.61. The van der Waals surface area contributed by atoms with Crippen LogP contribution >= 0.6 is 0 Å². The monoisotopic (exact) mass is 271 g/mol. The highest BCUT2D eigenvalue weighted by Gasteiger charge is 2.21. The zero-order valence-electron chi connectivity index (χ0n) is 11.7. The largest absolute Gasteiger partial charge is 0.317 e. The van der Waals surface area contributed by atoms with Crippen molar-refractivity contribution in [1.82, 2.24) is 5.32 Å². The topological polar surface area (TPSA) is 56.1 Å². The molecule has 1 heterocycles. The lowest BCUT2D eigenvalue weighted by Crippen LogP contribution is -2.36. The number of benzene rings is 1. The maximum absolute atomic E-state index is 12.5. The quantitative estimate of drug-likeness (QED) is 0.894. The first-order valence-electron chi connectivity index (χ1n) is 7.24. The van der Waals surface area contributed by atoms with Crippen LogP contribution in [0.4, 0.5) is 5.69 Å². The molecule has 0 bridgehead atoms. The Bertz CT molecular complexity index is 460. The minimum Gasteiger partial charge on any atom is -0.317 e. The summed E-state index contributed by atoms with van der Waals surface area (Å²) in [5, 5.41) is 12.1. The van der Waals surface area contributed by atoms with E-state index < -0.39 is 0 Å². The van der Waals surface area contributed by atoms with Gasteiger partial charge in [0.2, 0.25) is 5.91 Å². The lowest BCUT2D eigenvalue weighted by molar-refractivity contribution is -0.119. The summed E-state index contributed by atoms with van der Waals surface area (Å²) in [6, 6.07) is 11.8. The lowest BCUT2D eigenvalue weighted by atomic mass is 9.94. The smallest absolute Gasteiger partial charge is 0.227 e. The first kappa shape index (κ1) is 14.5. The van der Waals surface area contributed by atoms with E-state index >= 15 is 0 Å². The molecule has 4 nitrogen and oxygen atoms in total. The number of hydrogen-bond donors (Lipinski definition) is 1. The molecule has 1 aliphatic rings. The molecule has 1 amide bonds. The number of nitrogens with one attached hydrogen (secondary N) is 1. The molecule has 1 N–H and O–H groups in total. The molecule has 0 aromatic heterocycles. The van der Waals surface area contributed by atoms with Crippen LogP contribution in [-0.2, 0) is 4.79 Å². The van der Waals surface area contributed by atoms with Gasteiger partial charge in [0.15, 0.2) is 0 Å². The molecule has 0 radical (unpaired) electrons. The molecule has 0 saturated carbocycles. The Morgan fingerprint density at radius 3 is 2.65 bits per heavy atom. The van der Waals surface area contributed by atoms with Crippen molar-refractivity contribution in [2.24, 2.45) is 5.92 Å². The van der Waals surface area contributed by atoms with Gasteiger partial charge in [-0.1, -0.05) is 18.2 Å². The molecular formula is C16H21N3O. The van der Waals surface area contributed by atoms with Gasteiger partial charge in [-0.2, -0.15) is 5.26 Å². The van der Waals surface area contributed by atoms with E-state index in [-0.39, 0.29) is 5.91 Å². The number of carbonyl (C=O) groups is 1. The minimum absolute atomic E-state index is 0.137. The van der Waals surface area contributed by atoms with Gasteiger partial charge in [0.05, 0.1) is 12.5 Å². The van der Waals surface area contributed by atoms with Crippen molar-refractivity contribution in [2.45, 2.75) is 25.7 Å². The summed E-state index contributed by atoms with van der Waals surface area (Å²) in [7, 11) is 0. The van der Waals surface area contributed by atoms with Gasteiger partial charge in [0.25, 0.3) is 0 Å². The van der Waals surface area contributed by atoms with Gasteiger partial charge in [-0.05, 0) is 44.0 Å². The Hall–Kier alpha value is -1.86. The average Bonchev–Trinajstić information content (AvgIpc) is 2.50. The molecule has 20 heavy (non-hydrogen) atoms. The normalized spacial score (nSPS) is 15.6. The fourth-order valence-corrected chi connectivity index (χ4v) is 2.61. The van der Waals surface area contributed by atoms with Crippen LogP contribution < -0.4 is 10.2 Å². The zero-order valence-corrected chi connectivity index (χ0v) is 11.7. The van der Waals surface area contributed by atoms with Crippen LogP contribution in [0.1, 0.15) is 25.7 Å². The molecule has 1 aliphatic heterocycles. The van der Waals surface area contributed by atoms with Crippen LogP contribution in [0.15, 0.2) is 30.3 Å². The van der Waals surface area contributed by atoms with E-state index in [9.17, 15) is 4.79 Å². The third-order valence-corrected chi connectivity index (χ3v) is 3.74. The third-order valence-electron chi connectivity index (χ3n) is 3.74. The number of nitrogens with zero attached hydrogens (tertiary/aromatic N) is 2. The lowest BCUT2D eigenvalue weighted by Gasteiger charge is -2.27. The van der Waals surface area contributed by atoms with Gasteiger partial charge in [0.1, 0.15) is 0 Å². The van der Waals surface area contributed by atoms with Crippen molar-refractivity contribution < 1.29 is 4.79 Å². The van der Waals surface area contributed by atoms with Crippen LogP contribution in [0.5, 0.6) is 0 Å². The van der Waals surface area contributed by atoms with Gasteiger partial charge < -0.3 is 10.2 Å². The Morgan fingerprint density at radius 2 is 2.00 bits per heavy atom. The Labute approximate surface area is 120 Å². The highest BCUT2D eigenvalue weighted by atomic mass is 16.2. The van der Waals surface area contributed by atoms with Crippen LogP contribution in [0.2, 0.25) is 0 Å². The van der Waals surface area contributed by atoms with Crippen molar-refractivity contribution in [2.75, 3.05) is 24.5 Å². The first-order valence-corrected chi connectivity index (χ1v) is 7.24. The number of amides is 1. The molecule has 0 atom stereocenters. The summed E-state index contributed by atoms with van der Waals surface area (Å²) in [6.45, 7) is 2.48. The van der Waals surface area contributed by atoms with E-state index in [1.54, 1.807) is 4.90 Å². The second-order valence-electron chi connectivity index (χ2n) is 5.19. The van der Waals surface area contributed by atoms with Crippen molar-refractivity contribution in [1.29, 1.82) is 5.26 Å². The average molecular weight is 271 g/mol. The maximum atomic E-state index is 12.5. The SMILES string of the molecule is N#CCCN(C(=O)CC1CCNCC1)c1ccccc1. The Balaban J connectivity index is 2.02. The van der Waals surface area contributed by atoms with Crippen molar-refractivity contribution in [3.8, 4) is 6.07 Å². The number of hydrogen-bond acceptors (Lipinski definition) is 3. The van der Waals surface area contributed by atoms with Crippen LogP contribution in [0.3, 0.4) is 0 Å². The predicted octanol–water partition coefficient (Wildman–Crippen LogP) is 2.32. The number of anilines is 1. The number of carbonyl (C=O) groups excluding carboxylic acids is 1. The number of piperidine rings is 1. The van der Waals surface area contributed by atoms with Crippen molar-refractivity contribution >= 4 is 11.6 Å². The minimum atomic E-state index is 0.137. The fraction of sp³-hybridized carbons (Fsp3) is 0.500. The number of rotatable bonds is 5. The Kier molecular flexibility index (Phi) is 5.57. The van der Waals surface area contributed by atoms with Gasteiger partial charge in [-0.3, -0.25) is 4.79 Å². The summed E-state index contributed by atoms with van der Waals surface area (Å²) in [5.74, 6) is 0.607. The first-order chi connectivity index (χ1) is 9.81. The highest BCUT2D eigenvalue weighted by Crippen LogP contribution is 2.21. The standard InChI is InChI=1S/C16H21N3O/c17-9-4-12-19(15-5-2-1-3-6-15)16(20)13-14-7-10-18-11-8-14/h1-3,5-6,14,18H,4,7-8,10-13H2. The van der Waals surface area contributed by atoms with Crippen LogP contribution in [-0.4, -0.2) is 25.5 Å². The summed E-state index contributed by atoms with van der Waals surface area (Å²) in [6.07, 6.45) is 3.08. The maximum Gasteiger partial charge on any atom is 0.227 e. The molecule has 106 valence electrons. The summed E-state index contributed by atoms with van der Waals surface area (Å²) in [4.78, 5) is 14.3. The molecule has 0 unspecified atom stereocenters. The van der Waals surface area contributed by atoms with E-state index in [4.69, 9.17) is 5.26 Å². The van der Waals surface area contributed by atoms with Gasteiger partial charge >= 0.3 is 0 Å². The van der Waals surface area contributed by atoms with E-state index in [1.165, 1.54) is 0 Å². The third kappa shape index (κ3) is 4.07. The molecule has 1 aromatic rings. The van der Waals surface area contributed by atoms with Crippen molar-refractivity contribution in [3.05, 3.63) is 30.3 Å². The van der Waals surface area contributed by atoms with E-state index in [0.717, 1.165) is 31.6 Å². The molecular weight excluding hydrogens is 250 g/mol. The van der Waals surface area contributed by atoms with Gasteiger partial charge in [0, 0.05) is 18.7 Å². The second kappa shape index (κ2) is 7.66. The number of nitriles is 1.